The number of phenolic OH excluding ortho intramolecular Hbond substituents is 1. The first kappa shape index (κ1) is 17.5. The number of nitrogens with zero attached hydrogens (tertiary/aromatic N) is 1. The first-order chi connectivity index (χ1) is 10.3. The minimum atomic E-state index is -0.970. The Kier molecular flexibility index (Phi) is 6.37. The van der Waals surface area contributed by atoms with Crippen molar-refractivity contribution >= 4 is 17.8 Å². The third kappa shape index (κ3) is 5.43. The fourth-order valence-electron chi connectivity index (χ4n) is 1.79. The van der Waals surface area contributed by atoms with Gasteiger partial charge in [-0.15, -0.1) is 0 Å². The zero-order valence-corrected chi connectivity index (χ0v) is 12.6. The Morgan fingerprint density at radius 3 is 2.50 bits per heavy atom. The number of rotatable bonds is 7. The summed E-state index contributed by atoms with van der Waals surface area (Å²) >= 11 is 0. The highest BCUT2D eigenvalue weighted by Crippen LogP contribution is 2.17. The van der Waals surface area contributed by atoms with E-state index < -0.39 is 11.9 Å². The lowest BCUT2D eigenvalue weighted by molar-refractivity contribution is -0.138. The Morgan fingerprint density at radius 2 is 1.91 bits per heavy atom. The fourth-order valence-corrected chi connectivity index (χ4v) is 1.79. The Hall–Kier alpha value is -2.57. The maximum Gasteiger partial charge on any atom is 0.305 e. The molecule has 0 saturated carbocycles. The average Bonchev–Trinajstić information content (AvgIpc) is 2.44. The molecule has 0 radical (unpaired) electrons. The number of hydrogen-bond donors (Lipinski definition) is 3. The van der Waals surface area contributed by atoms with Crippen molar-refractivity contribution in [3.05, 3.63) is 29.3 Å². The molecular weight excluding hydrogens is 288 g/mol. The number of benzene rings is 1. The highest BCUT2D eigenvalue weighted by Gasteiger charge is 2.13. The number of hydrogen-bond acceptors (Lipinski definition) is 4. The van der Waals surface area contributed by atoms with Gasteiger partial charge in [0.15, 0.2) is 0 Å². The SMILES string of the molecule is Cc1ccc(C(=O)NCCC(=O)N(C)CCC(=O)O)c(O)c1. The molecule has 0 spiro atoms. The standard InChI is InChI=1S/C15H20N2O5/c1-10-3-4-11(12(18)9-10)15(22)16-7-5-13(19)17(2)8-6-14(20)21/h3-4,9,18H,5-8H2,1-2H3,(H,16,22)(H,20,21). The van der Waals surface area contributed by atoms with E-state index in [1.807, 2.05) is 0 Å². The number of nitrogens with one attached hydrogen (secondary N) is 1. The van der Waals surface area contributed by atoms with Gasteiger partial charge in [-0.1, -0.05) is 6.07 Å². The van der Waals surface area contributed by atoms with Gasteiger partial charge < -0.3 is 20.4 Å². The highest BCUT2D eigenvalue weighted by atomic mass is 16.4. The van der Waals surface area contributed by atoms with E-state index in [1.165, 1.54) is 24.1 Å². The monoisotopic (exact) mass is 308 g/mol. The van der Waals surface area contributed by atoms with Gasteiger partial charge in [0.1, 0.15) is 5.75 Å². The Bertz CT molecular complexity index is 571. The molecule has 0 bridgehead atoms. The van der Waals surface area contributed by atoms with Crippen LogP contribution in [0.4, 0.5) is 0 Å². The number of phenols is 1. The summed E-state index contributed by atoms with van der Waals surface area (Å²) in [4.78, 5) is 35.3. The van der Waals surface area contributed by atoms with Crippen molar-refractivity contribution in [3.63, 3.8) is 0 Å². The van der Waals surface area contributed by atoms with Crippen LogP contribution >= 0.6 is 0 Å². The van der Waals surface area contributed by atoms with Crippen LogP contribution in [0.5, 0.6) is 5.75 Å². The number of aryl methyl sites for hydroxylation is 1. The third-order valence-electron chi connectivity index (χ3n) is 3.11. The van der Waals surface area contributed by atoms with E-state index in [9.17, 15) is 19.5 Å². The summed E-state index contributed by atoms with van der Waals surface area (Å²) in [6, 6.07) is 4.71. The Morgan fingerprint density at radius 1 is 1.23 bits per heavy atom. The predicted molar refractivity (Wildman–Crippen MR) is 79.7 cm³/mol. The van der Waals surface area contributed by atoms with Gasteiger partial charge in [0, 0.05) is 26.6 Å². The first-order valence-electron chi connectivity index (χ1n) is 6.85. The van der Waals surface area contributed by atoms with E-state index in [0.29, 0.717) is 0 Å². The molecule has 0 unspecified atom stereocenters. The number of carbonyl (C=O) groups excluding carboxylic acids is 2. The number of carboxylic acids is 1. The zero-order chi connectivity index (χ0) is 16.7. The molecule has 0 aliphatic carbocycles. The van der Waals surface area contributed by atoms with Crippen LogP contribution in [0, 0.1) is 6.92 Å². The van der Waals surface area contributed by atoms with Crippen molar-refractivity contribution in [2.45, 2.75) is 19.8 Å². The van der Waals surface area contributed by atoms with E-state index in [4.69, 9.17) is 5.11 Å². The second-order valence-corrected chi connectivity index (χ2v) is 4.99. The summed E-state index contributed by atoms with van der Waals surface area (Å²) < 4.78 is 0. The van der Waals surface area contributed by atoms with Crippen LogP contribution in [-0.2, 0) is 9.59 Å². The number of amides is 2. The van der Waals surface area contributed by atoms with Gasteiger partial charge in [-0.05, 0) is 24.6 Å². The van der Waals surface area contributed by atoms with Gasteiger partial charge >= 0.3 is 5.97 Å². The van der Waals surface area contributed by atoms with Crippen LogP contribution in [0.15, 0.2) is 18.2 Å². The second-order valence-electron chi connectivity index (χ2n) is 4.99. The molecule has 0 heterocycles. The lowest BCUT2D eigenvalue weighted by Gasteiger charge is -2.16. The topological polar surface area (TPSA) is 107 Å². The minimum Gasteiger partial charge on any atom is -0.507 e. The van der Waals surface area contributed by atoms with Crippen LogP contribution in [-0.4, -0.2) is 53.0 Å². The molecule has 120 valence electrons. The molecule has 1 aromatic rings. The quantitative estimate of drug-likeness (QED) is 0.689. The summed E-state index contributed by atoms with van der Waals surface area (Å²) in [6.45, 7) is 2.04. The molecule has 7 nitrogen and oxygen atoms in total. The largest absolute Gasteiger partial charge is 0.507 e. The smallest absolute Gasteiger partial charge is 0.305 e. The third-order valence-corrected chi connectivity index (χ3v) is 3.11. The van der Waals surface area contributed by atoms with Crippen LogP contribution in [0.25, 0.3) is 0 Å². The van der Waals surface area contributed by atoms with E-state index in [1.54, 1.807) is 13.0 Å². The summed E-state index contributed by atoms with van der Waals surface area (Å²) in [5, 5.41) is 20.8. The summed E-state index contributed by atoms with van der Waals surface area (Å²) in [5.74, 6) is -1.79. The molecule has 22 heavy (non-hydrogen) atoms. The van der Waals surface area contributed by atoms with E-state index >= 15 is 0 Å². The maximum absolute atomic E-state index is 11.9. The van der Waals surface area contributed by atoms with Crippen molar-refractivity contribution in [3.8, 4) is 5.75 Å². The van der Waals surface area contributed by atoms with Crippen LogP contribution in [0.1, 0.15) is 28.8 Å². The average molecular weight is 308 g/mol. The molecule has 0 atom stereocenters. The minimum absolute atomic E-state index is 0.0640. The Balaban J connectivity index is 2.41. The van der Waals surface area contributed by atoms with Crippen molar-refractivity contribution in [1.82, 2.24) is 10.2 Å². The van der Waals surface area contributed by atoms with Crippen LogP contribution in [0.3, 0.4) is 0 Å². The van der Waals surface area contributed by atoms with Crippen molar-refractivity contribution in [2.24, 2.45) is 0 Å². The molecule has 0 fully saturated rings. The molecule has 7 heteroatoms. The summed E-state index contributed by atoms with van der Waals surface area (Å²) in [5.41, 5.74) is 0.988. The first-order valence-corrected chi connectivity index (χ1v) is 6.85. The van der Waals surface area contributed by atoms with Gasteiger partial charge in [-0.3, -0.25) is 14.4 Å². The lowest BCUT2D eigenvalue weighted by Crippen LogP contribution is -2.33. The van der Waals surface area contributed by atoms with E-state index in [-0.39, 0.29) is 43.2 Å². The number of carboxylic acid groups (broad SMARTS) is 1. The van der Waals surface area contributed by atoms with Crippen molar-refractivity contribution in [2.75, 3.05) is 20.1 Å². The van der Waals surface area contributed by atoms with Gasteiger partial charge in [-0.2, -0.15) is 0 Å². The number of aliphatic carboxylic acids is 1. The number of carbonyl (C=O) groups is 3. The van der Waals surface area contributed by atoms with Gasteiger partial charge in [0.2, 0.25) is 5.91 Å². The molecular formula is C15H20N2O5. The molecule has 1 aromatic carbocycles. The molecule has 3 N–H and O–H groups in total. The molecule has 2 amide bonds. The normalized spacial score (nSPS) is 10.1. The molecule has 0 aromatic heterocycles. The molecule has 1 rings (SSSR count). The summed E-state index contributed by atoms with van der Waals surface area (Å²) in [6.07, 6.45) is -0.0552. The van der Waals surface area contributed by atoms with Gasteiger partial charge in [0.05, 0.1) is 12.0 Å². The fraction of sp³-hybridized carbons (Fsp3) is 0.400. The van der Waals surface area contributed by atoms with Gasteiger partial charge in [-0.25, -0.2) is 0 Å². The predicted octanol–water partition coefficient (Wildman–Crippen LogP) is 0.754. The highest BCUT2D eigenvalue weighted by molar-refractivity contribution is 5.97. The molecule has 0 saturated heterocycles. The van der Waals surface area contributed by atoms with E-state index in [2.05, 4.69) is 5.32 Å². The van der Waals surface area contributed by atoms with Crippen molar-refractivity contribution < 1.29 is 24.6 Å². The van der Waals surface area contributed by atoms with Crippen LogP contribution in [0.2, 0.25) is 0 Å². The second kappa shape index (κ2) is 8.02. The lowest BCUT2D eigenvalue weighted by atomic mass is 10.1. The van der Waals surface area contributed by atoms with Crippen molar-refractivity contribution in [1.29, 1.82) is 0 Å². The maximum atomic E-state index is 11.9. The van der Waals surface area contributed by atoms with Gasteiger partial charge in [0.25, 0.3) is 5.91 Å². The molecule has 0 aliphatic rings. The van der Waals surface area contributed by atoms with Crippen LogP contribution < -0.4 is 5.32 Å². The molecule has 0 aliphatic heterocycles. The Labute approximate surface area is 128 Å². The number of aromatic hydroxyl groups is 1. The summed E-state index contributed by atoms with van der Waals surface area (Å²) in [7, 11) is 1.51. The van der Waals surface area contributed by atoms with E-state index in [0.717, 1.165) is 5.56 Å². The zero-order valence-electron chi connectivity index (χ0n) is 12.6.